The summed E-state index contributed by atoms with van der Waals surface area (Å²) >= 11 is 0. The van der Waals surface area contributed by atoms with Crippen LogP contribution in [0.15, 0.2) is 24.3 Å². The lowest BCUT2D eigenvalue weighted by atomic mass is 9.83. The second-order valence-electron chi connectivity index (χ2n) is 5.36. The molecule has 0 aromatic heterocycles. The smallest absolute Gasteiger partial charge is 0.230 e. The summed E-state index contributed by atoms with van der Waals surface area (Å²) < 4.78 is 11.1. The van der Waals surface area contributed by atoms with Crippen LogP contribution in [-0.4, -0.2) is 28.2 Å². The van der Waals surface area contributed by atoms with Crippen LogP contribution in [-0.2, 0) is 21.0 Å². The zero-order chi connectivity index (χ0) is 14.6. The average Bonchev–Trinajstić information content (AvgIpc) is 2.28. The Hall–Kier alpha value is -1.36. The number of nitrogens with one attached hydrogen (secondary N) is 1. The second-order valence-corrected chi connectivity index (χ2v) is 6.84. The molecule has 0 spiro atoms. The van der Waals surface area contributed by atoms with Crippen LogP contribution in [0.2, 0.25) is 0 Å². The summed E-state index contributed by atoms with van der Waals surface area (Å²) in [5, 5.41) is 2.90. The molecule has 1 aromatic rings. The SMILES string of the molecule is CC(CS(C)=O)NC(=O)C(C)(C)c1ccc(N)cc1. The van der Waals surface area contributed by atoms with Gasteiger partial charge in [0.05, 0.1) is 5.41 Å². The van der Waals surface area contributed by atoms with Crippen LogP contribution in [0.4, 0.5) is 5.69 Å². The second kappa shape index (κ2) is 6.19. The normalized spacial score (nSPS) is 14.7. The molecule has 0 aliphatic heterocycles. The molecule has 5 heteroatoms. The summed E-state index contributed by atoms with van der Waals surface area (Å²) in [5.74, 6) is 0.388. The minimum atomic E-state index is -0.918. The molecule has 0 heterocycles. The summed E-state index contributed by atoms with van der Waals surface area (Å²) in [6, 6.07) is 7.19. The Kier molecular flexibility index (Phi) is 5.11. The number of benzene rings is 1. The van der Waals surface area contributed by atoms with E-state index in [9.17, 15) is 9.00 Å². The molecular weight excluding hydrogens is 260 g/mol. The third kappa shape index (κ3) is 4.35. The predicted octanol–water partition coefficient (Wildman–Crippen LogP) is 1.43. The number of nitrogen functional groups attached to an aromatic ring is 1. The summed E-state index contributed by atoms with van der Waals surface area (Å²) in [6.45, 7) is 5.59. The third-order valence-corrected chi connectivity index (χ3v) is 4.03. The number of nitrogens with two attached hydrogens (primary N) is 1. The lowest BCUT2D eigenvalue weighted by Gasteiger charge is -2.26. The van der Waals surface area contributed by atoms with Gasteiger partial charge in [-0.15, -0.1) is 0 Å². The molecule has 0 saturated heterocycles. The Morgan fingerprint density at radius 1 is 1.37 bits per heavy atom. The van der Waals surface area contributed by atoms with Crippen molar-refractivity contribution in [3.05, 3.63) is 29.8 Å². The van der Waals surface area contributed by atoms with E-state index in [4.69, 9.17) is 5.73 Å². The predicted molar refractivity (Wildman–Crippen MR) is 80.4 cm³/mol. The molecule has 0 fully saturated rings. The number of rotatable bonds is 5. The van der Waals surface area contributed by atoms with Gasteiger partial charge in [-0.1, -0.05) is 12.1 Å². The van der Waals surface area contributed by atoms with E-state index in [2.05, 4.69) is 5.32 Å². The number of carbonyl (C=O) groups is 1. The first-order valence-electron chi connectivity index (χ1n) is 6.20. The van der Waals surface area contributed by atoms with Crippen LogP contribution in [0.3, 0.4) is 0 Å². The summed E-state index contributed by atoms with van der Waals surface area (Å²) in [6.07, 6.45) is 1.63. The van der Waals surface area contributed by atoms with Crippen molar-refractivity contribution in [2.75, 3.05) is 17.7 Å². The van der Waals surface area contributed by atoms with Gasteiger partial charge in [-0.3, -0.25) is 9.00 Å². The maximum absolute atomic E-state index is 12.3. The fourth-order valence-corrected chi connectivity index (χ4v) is 2.62. The molecule has 106 valence electrons. The Morgan fingerprint density at radius 3 is 2.37 bits per heavy atom. The highest BCUT2D eigenvalue weighted by Gasteiger charge is 2.30. The quantitative estimate of drug-likeness (QED) is 0.803. The number of anilines is 1. The zero-order valence-electron chi connectivity index (χ0n) is 11.9. The van der Waals surface area contributed by atoms with E-state index in [0.29, 0.717) is 11.4 Å². The lowest BCUT2D eigenvalue weighted by Crippen LogP contribution is -2.45. The largest absolute Gasteiger partial charge is 0.399 e. The first-order valence-corrected chi connectivity index (χ1v) is 7.93. The maximum Gasteiger partial charge on any atom is 0.230 e. The van der Waals surface area contributed by atoms with E-state index >= 15 is 0 Å². The van der Waals surface area contributed by atoms with Gasteiger partial charge in [-0.2, -0.15) is 0 Å². The van der Waals surface area contributed by atoms with Gasteiger partial charge >= 0.3 is 0 Å². The van der Waals surface area contributed by atoms with Gasteiger partial charge in [0.1, 0.15) is 0 Å². The molecular formula is C14H22N2O2S. The van der Waals surface area contributed by atoms with Crippen molar-refractivity contribution in [1.29, 1.82) is 0 Å². The Bertz CT molecular complexity index is 469. The molecule has 2 unspecified atom stereocenters. The Morgan fingerprint density at radius 2 is 1.89 bits per heavy atom. The van der Waals surface area contributed by atoms with Crippen molar-refractivity contribution in [3.8, 4) is 0 Å². The van der Waals surface area contributed by atoms with Crippen LogP contribution in [0.1, 0.15) is 26.3 Å². The molecule has 0 radical (unpaired) electrons. The van der Waals surface area contributed by atoms with Crippen LogP contribution in [0.5, 0.6) is 0 Å². The molecule has 1 aromatic carbocycles. The van der Waals surface area contributed by atoms with Crippen LogP contribution < -0.4 is 11.1 Å². The third-order valence-electron chi connectivity index (χ3n) is 3.06. The molecule has 2 atom stereocenters. The number of amides is 1. The Labute approximate surface area is 117 Å². The van der Waals surface area contributed by atoms with Crippen molar-refractivity contribution < 1.29 is 9.00 Å². The monoisotopic (exact) mass is 282 g/mol. The number of carbonyl (C=O) groups excluding carboxylic acids is 1. The van der Waals surface area contributed by atoms with Gasteiger partial charge in [-0.05, 0) is 38.5 Å². The van der Waals surface area contributed by atoms with E-state index in [1.54, 1.807) is 18.4 Å². The van der Waals surface area contributed by atoms with Crippen molar-refractivity contribution in [1.82, 2.24) is 5.32 Å². The fraction of sp³-hybridized carbons (Fsp3) is 0.500. The maximum atomic E-state index is 12.3. The van der Waals surface area contributed by atoms with Gasteiger partial charge in [-0.25, -0.2) is 0 Å². The molecule has 0 aliphatic rings. The van der Waals surface area contributed by atoms with E-state index in [0.717, 1.165) is 5.56 Å². The average molecular weight is 282 g/mol. The van der Waals surface area contributed by atoms with Gasteiger partial charge < -0.3 is 11.1 Å². The van der Waals surface area contributed by atoms with E-state index in [1.807, 2.05) is 32.9 Å². The lowest BCUT2D eigenvalue weighted by molar-refractivity contribution is -0.126. The highest BCUT2D eigenvalue weighted by atomic mass is 32.2. The summed E-state index contributed by atoms with van der Waals surface area (Å²) in [7, 11) is -0.918. The van der Waals surface area contributed by atoms with Crippen molar-refractivity contribution in [3.63, 3.8) is 0 Å². The van der Waals surface area contributed by atoms with Crippen LogP contribution >= 0.6 is 0 Å². The molecule has 0 aliphatic carbocycles. The number of hydrogen-bond donors (Lipinski definition) is 2. The van der Waals surface area contributed by atoms with Crippen LogP contribution in [0, 0.1) is 0 Å². The molecule has 0 saturated carbocycles. The van der Waals surface area contributed by atoms with Gasteiger partial charge in [0.25, 0.3) is 0 Å². The highest BCUT2D eigenvalue weighted by molar-refractivity contribution is 7.84. The van der Waals surface area contributed by atoms with Gasteiger partial charge in [0.15, 0.2) is 0 Å². The molecule has 1 rings (SSSR count). The first-order chi connectivity index (χ1) is 8.73. The van der Waals surface area contributed by atoms with E-state index < -0.39 is 16.2 Å². The fourth-order valence-electron chi connectivity index (χ4n) is 1.83. The van der Waals surface area contributed by atoms with Crippen LogP contribution in [0.25, 0.3) is 0 Å². The van der Waals surface area contributed by atoms with Gasteiger partial charge in [0.2, 0.25) is 5.91 Å². The van der Waals surface area contributed by atoms with Crippen molar-refractivity contribution >= 4 is 22.4 Å². The zero-order valence-corrected chi connectivity index (χ0v) is 12.7. The molecule has 19 heavy (non-hydrogen) atoms. The highest BCUT2D eigenvalue weighted by Crippen LogP contribution is 2.24. The van der Waals surface area contributed by atoms with Crippen molar-refractivity contribution in [2.24, 2.45) is 0 Å². The van der Waals surface area contributed by atoms with E-state index in [1.165, 1.54) is 0 Å². The van der Waals surface area contributed by atoms with Gasteiger partial charge in [0, 0.05) is 34.5 Å². The summed E-state index contributed by atoms with van der Waals surface area (Å²) in [5.41, 5.74) is 6.59. The van der Waals surface area contributed by atoms with Crippen molar-refractivity contribution in [2.45, 2.75) is 32.2 Å². The molecule has 0 bridgehead atoms. The van der Waals surface area contributed by atoms with E-state index in [-0.39, 0.29) is 11.9 Å². The molecule has 1 amide bonds. The molecule has 3 N–H and O–H groups in total. The first kappa shape index (κ1) is 15.7. The minimum absolute atomic E-state index is 0.0739. The number of hydrogen-bond acceptors (Lipinski definition) is 3. The molecule has 4 nitrogen and oxygen atoms in total. The summed E-state index contributed by atoms with van der Waals surface area (Å²) in [4.78, 5) is 12.3. The minimum Gasteiger partial charge on any atom is -0.399 e. The topological polar surface area (TPSA) is 72.2 Å². The Balaban J connectivity index is 2.79. The standard InChI is InChI=1S/C14H22N2O2S/c1-10(9-19(4)18)16-13(17)14(2,3)11-5-7-12(15)8-6-11/h5-8,10H,9,15H2,1-4H3,(H,16,17).